The fourth-order valence-corrected chi connectivity index (χ4v) is 4.57. The van der Waals surface area contributed by atoms with Crippen molar-refractivity contribution in [3.63, 3.8) is 0 Å². The summed E-state index contributed by atoms with van der Waals surface area (Å²) in [6.45, 7) is 8.04. The van der Waals surface area contributed by atoms with Gasteiger partial charge in [0.05, 0.1) is 10.9 Å². The lowest BCUT2D eigenvalue weighted by Gasteiger charge is -2.24. The number of anilines is 1. The molecular weight excluding hydrogens is 434 g/mol. The molecule has 0 saturated heterocycles. The average molecular weight is 462 g/mol. The number of benzene rings is 2. The molecule has 0 aromatic heterocycles. The van der Waals surface area contributed by atoms with Crippen molar-refractivity contribution >= 4 is 40.9 Å². The number of carbonyl (C=O) groups excluding carboxylic acids is 2. The Morgan fingerprint density at radius 3 is 2.77 bits per heavy atom. The van der Waals surface area contributed by atoms with Crippen molar-refractivity contribution in [3.05, 3.63) is 53.1 Å². The molecule has 2 aromatic rings. The van der Waals surface area contributed by atoms with Crippen LogP contribution in [0.2, 0.25) is 5.02 Å². The van der Waals surface area contributed by atoms with E-state index in [4.69, 9.17) is 16.3 Å². The maximum atomic E-state index is 12.5. The summed E-state index contributed by atoms with van der Waals surface area (Å²) in [7, 11) is 0. The minimum atomic E-state index is -0.478. The third-order valence-corrected chi connectivity index (χ3v) is 6.65. The van der Waals surface area contributed by atoms with Gasteiger partial charge < -0.3 is 20.3 Å². The van der Waals surface area contributed by atoms with Gasteiger partial charge in [-0.3, -0.25) is 9.59 Å². The average Bonchev–Trinajstić information content (AvgIpc) is 2.76. The molecule has 1 heterocycles. The van der Waals surface area contributed by atoms with Gasteiger partial charge in [0.25, 0.3) is 0 Å². The third-order valence-electron chi connectivity index (χ3n) is 5.14. The number of para-hydroxylation sites is 1. The normalized spacial score (nSPS) is 15.4. The van der Waals surface area contributed by atoms with Crippen molar-refractivity contribution < 1.29 is 14.3 Å². The van der Waals surface area contributed by atoms with Gasteiger partial charge in [0.15, 0.2) is 0 Å². The number of nitrogens with zero attached hydrogens (tertiary/aromatic N) is 1. The summed E-state index contributed by atoms with van der Waals surface area (Å²) >= 11 is 7.37. The number of fused-ring (bicyclic) bond motifs is 1. The predicted molar refractivity (Wildman–Crippen MR) is 126 cm³/mol. The highest BCUT2D eigenvalue weighted by Gasteiger charge is 2.29. The van der Waals surface area contributed by atoms with Crippen molar-refractivity contribution in [1.29, 1.82) is 0 Å². The molecule has 3 rings (SSSR count). The summed E-state index contributed by atoms with van der Waals surface area (Å²) < 4.78 is 5.95. The van der Waals surface area contributed by atoms with E-state index in [1.807, 2.05) is 30.3 Å². The summed E-state index contributed by atoms with van der Waals surface area (Å²) in [6, 6.07) is 13.0. The number of nitrogens with one attached hydrogen (secondary N) is 2. The molecule has 0 spiro atoms. The number of thioether (sulfide) groups is 1. The minimum absolute atomic E-state index is 0.101. The van der Waals surface area contributed by atoms with Crippen molar-refractivity contribution in [2.24, 2.45) is 0 Å². The van der Waals surface area contributed by atoms with Crippen molar-refractivity contribution in [3.8, 4) is 5.75 Å². The van der Waals surface area contributed by atoms with E-state index in [2.05, 4.69) is 29.4 Å². The van der Waals surface area contributed by atoms with Gasteiger partial charge in [0, 0.05) is 35.0 Å². The van der Waals surface area contributed by atoms with Gasteiger partial charge in [-0.1, -0.05) is 43.6 Å². The number of carbonyl (C=O) groups is 2. The zero-order valence-electron chi connectivity index (χ0n) is 17.8. The lowest BCUT2D eigenvalue weighted by molar-refractivity contribution is -0.124. The smallest absolute Gasteiger partial charge is 0.238 e. The molecule has 6 nitrogen and oxygen atoms in total. The Labute approximate surface area is 192 Å². The molecule has 166 valence electrons. The molecule has 1 aliphatic heterocycles. The standard InChI is InChI=1S/C23H28ClN3O3S/c1-3-27(4-2)11-12-30-19-8-6-5-7-16(19)15-25-22(28)14-21-23(29)26-18-13-17(24)9-10-20(18)31-21/h5-10,13,21H,3-4,11-12,14-15H2,1-2H3,(H,25,28)(H,26,29). The third kappa shape index (κ3) is 6.63. The topological polar surface area (TPSA) is 70.7 Å². The van der Waals surface area contributed by atoms with E-state index in [0.29, 0.717) is 23.9 Å². The highest BCUT2D eigenvalue weighted by molar-refractivity contribution is 8.01. The maximum Gasteiger partial charge on any atom is 0.238 e. The second kappa shape index (κ2) is 11.4. The summed E-state index contributed by atoms with van der Waals surface area (Å²) in [4.78, 5) is 28.1. The molecule has 2 aromatic carbocycles. The van der Waals surface area contributed by atoms with Gasteiger partial charge in [-0.2, -0.15) is 0 Å². The monoisotopic (exact) mass is 461 g/mol. The van der Waals surface area contributed by atoms with Crippen LogP contribution in [0.3, 0.4) is 0 Å². The summed E-state index contributed by atoms with van der Waals surface area (Å²) in [6.07, 6.45) is 0.101. The molecule has 1 aliphatic rings. The Hall–Kier alpha value is -2.22. The molecule has 0 fully saturated rings. The molecule has 0 aliphatic carbocycles. The second-order valence-electron chi connectivity index (χ2n) is 7.20. The fourth-order valence-electron chi connectivity index (χ4n) is 3.31. The van der Waals surface area contributed by atoms with Crippen LogP contribution in [0, 0.1) is 0 Å². The lowest BCUT2D eigenvalue weighted by Crippen LogP contribution is -2.34. The SMILES string of the molecule is CCN(CC)CCOc1ccccc1CNC(=O)CC1Sc2ccc(Cl)cc2NC1=O. The zero-order chi connectivity index (χ0) is 22.2. The van der Waals surface area contributed by atoms with Gasteiger partial charge in [-0.05, 0) is 37.4 Å². The van der Waals surface area contributed by atoms with Crippen LogP contribution in [0.4, 0.5) is 5.69 Å². The fraction of sp³-hybridized carbons (Fsp3) is 0.391. The van der Waals surface area contributed by atoms with Crippen molar-refractivity contribution in [1.82, 2.24) is 10.2 Å². The first-order valence-corrected chi connectivity index (χ1v) is 11.7. The molecule has 0 saturated carbocycles. The highest BCUT2D eigenvalue weighted by Crippen LogP contribution is 2.38. The number of hydrogen-bond acceptors (Lipinski definition) is 5. The molecule has 0 radical (unpaired) electrons. The molecule has 1 unspecified atom stereocenters. The number of rotatable bonds is 10. The molecule has 31 heavy (non-hydrogen) atoms. The van der Waals surface area contributed by atoms with Crippen LogP contribution in [0.15, 0.2) is 47.4 Å². The number of halogens is 1. The van der Waals surface area contributed by atoms with Crippen LogP contribution in [0.25, 0.3) is 0 Å². The molecule has 0 bridgehead atoms. The van der Waals surface area contributed by atoms with Gasteiger partial charge in [0.1, 0.15) is 12.4 Å². The molecular formula is C23H28ClN3O3S. The van der Waals surface area contributed by atoms with E-state index in [1.54, 1.807) is 12.1 Å². The molecule has 8 heteroatoms. The van der Waals surface area contributed by atoms with E-state index in [0.717, 1.165) is 35.8 Å². The predicted octanol–water partition coefficient (Wildman–Crippen LogP) is 4.18. The Balaban J connectivity index is 1.52. The van der Waals surface area contributed by atoms with Crippen LogP contribution in [-0.2, 0) is 16.1 Å². The van der Waals surface area contributed by atoms with E-state index in [9.17, 15) is 9.59 Å². The lowest BCUT2D eigenvalue weighted by atomic mass is 10.2. The zero-order valence-corrected chi connectivity index (χ0v) is 19.4. The van der Waals surface area contributed by atoms with Crippen molar-refractivity contribution in [2.75, 3.05) is 31.6 Å². The summed E-state index contributed by atoms with van der Waals surface area (Å²) in [5.41, 5.74) is 1.60. The van der Waals surface area contributed by atoms with Gasteiger partial charge in [-0.25, -0.2) is 0 Å². The maximum absolute atomic E-state index is 12.5. The Bertz CT molecular complexity index is 921. The van der Waals surface area contributed by atoms with Gasteiger partial charge in [0.2, 0.25) is 11.8 Å². The largest absolute Gasteiger partial charge is 0.492 e. The van der Waals surface area contributed by atoms with Crippen LogP contribution in [-0.4, -0.2) is 48.2 Å². The molecule has 2 N–H and O–H groups in total. The van der Waals surface area contributed by atoms with Crippen LogP contribution >= 0.6 is 23.4 Å². The van der Waals surface area contributed by atoms with E-state index in [1.165, 1.54) is 11.8 Å². The Morgan fingerprint density at radius 2 is 2.00 bits per heavy atom. The first kappa shape index (κ1) is 23.4. The number of hydrogen-bond donors (Lipinski definition) is 2. The number of ether oxygens (including phenoxy) is 1. The van der Waals surface area contributed by atoms with Crippen molar-refractivity contribution in [2.45, 2.75) is 37.0 Å². The van der Waals surface area contributed by atoms with E-state index >= 15 is 0 Å². The summed E-state index contributed by atoms with van der Waals surface area (Å²) in [5, 5.41) is 5.84. The van der Waals surface area contributed by atoms with E-state index in [-0.39, 0.29) is 18.2 Å². The van der Waals surface area contributed by atoms with Crippen LogP contribution < -0.4 is 15.4 Å². The minimum Gasteiger partial charge on any atom is -0.492 e. The number of likely N-dealkylation sites (N-methyl/N-ethyl adjacent to an activating group) is 1. The van der Waals surface area contributed by atoms with Crippen LogP contribution in [0.1, 0.15) is 25.8 Å². The Kier molecular flexibility index (Phi) is 8.63. The number of amides is 2. The van der Waals surface area contributed by atoms with Crippen LogP contribution in [0.5, 0.6) is 5.75 Å². The first-order valence-electron chi connectivity index (χ1n) is 10.5. The van der Waals surface area contributed by atoms with E-state index < -0.39 is 5.25 Å². The first-order chi connectivity index (χ1) is 15.0. The highest BCUT2D eigenvalue weighted by atomic mass is 35.5. The second-order valence-corrected chi connectivity index (χ2v) is 8.88. The summed E-state index contributed by atoms with van der Waals surface area (Å²) in [5.74, 6) is 0.406. The van der Waals surface area contributed by atoms with Gasteiger partial charge >= 0.3 is 0 Å². The molecule has 1 atom stereocenters. The Morgan fingerprint density at radius 1 is 1.23 bits per heavy atom. The van der Waals surface area contributed by atoms with Gasteiger partial charge in [-0.15, -0.1) is 11.8 Å². The quantitative estimate of drug-likeness (QED) is 0.555. The molecule has 2 amide bonds.